The number of rotatable bonds is 3. The highest BCUT2D eigenvalue weighted by molar-refractivity contribution is 7.99. The third-order valence-corrected chi connectivity index (χ3v) is 3.66. The Kier molecular flexibility index (Phi) is 4.11. The van der Waals surface area contributed by atoms with Gasteiger partial charge in [0.15, 0.2) is 11.9 Å². The Bertz CT molecular complexity index is 471. The van der Waals surface area contributed by atoms with Gasteiger partial charge >= 0.3 is 0 Å². The number of benzene rings is 1. The summed E-state index contributed by atoms with van der Waals surface area (Å²) in [5.74, 6) is 7.37. The number of ether oxygens (including phenoxy) is 1. The van der Waals surface area contributed by atoms with Gasteiger partial charge in [-0.25, -0.2) is 0 Å². The van der Waals surface area contributed by atoms with Crippen molar-refractivity contribution in [2.24, 2.45) is 0 Å². The van der Waals surface area contributed by atoms with Gasteiger partial charge < -0.3 is 4.74 Å². The van der Waals surface area contributed by atoms with E-state index in [4.69, 9.17) is 4.74 Å². The maximum Gasteiger partial charge on any atom is 0.175 e. The highest BCUT2D eigenvalue weighted by Crippen LogP contribution is 2.35. The maximum atomic E-state index is 11.9. The molecule has 0 aliphatic carbocycles. The average Bonchev–Trinajstić information content (AvgIpc) is 2.38. The molecule has 1 aromatic rings. The zero-order valence-corrected chi connectivity index (χ0v) is 10.5. The largest absolute Gasteiger partial charge is 0.481 e. The van der Waals surface area contributed by atoms with Gasteiger partial charge in [0.2, 0.25) is 0 Å². The standard InChI is InChI=1S/C14H14O2S/c1-2-3-4-7-11(15)13-10-17-14-9-6-5-8-12(14)16-13/h5-6,8-9,13H,4,7,10H2,1H3. The summed E-state index contributed by atoms with van der Waals surface area (Å²) < 4.78 is 5.71. The fourth-order valence-electron chi connectivity index (χ4n) is 1.65. The second-order valence-electron chi connectivity index (χ2n) is 3.76. The minimum Gasteiger partial charge on any atom is -0.481 e. The van der Waals surface area contributed by atoms with Gasteiger partial charge in [-0.05, 0) is 19.1 Å². The third-order valence-electron chi connectivity index (χ3n) is 2.54. The van der Waals surface area contributed by atoms with Crippen LogP contribution in [0.15, 0.2) is 29.2 Å². The number of hydrogen-bond donors (Lipinski definition) is 0. The van der Waals surface area contributed by atoms with Crippen LogP contribution in [0.3, 0.4) is 0 Å². The van der Waals surface area contributed by atoms with E-state index in [0.717, 1.165) is 10.6 Å². The van der Waals surface area contributed by atoms with Crippen LogP contribution in [-0.4, -0.2) is 17.6 Å². The highest BCUT2D eigenvalue weighted by Gasteiger charge is 2.25. The molecule has 0 radical (unpaired) electrons. The van der Waals surface area contributed by atoms with E-state index in [2.05, 4.69) is 11.8 Å². The monoisotopic (exact) mass is 246 g/mol. The van der Waals surface area contributed by atoms with Crippen LogP contribution >= 0.6 is 11.8 Å². The summed E-state index contributed by atoms with van der Waals surface area (Å²) in [5.41, 5.74) is 0. The fraction of sp³-hybridized carbons (Fsp3) is 0.357. The third kappa shape index (κ3) is 3.04. The van der Waals surface area contributed by atoms with Gasteiger partial charge in [0, 0.05) is 23.5 Å². The van der Waals surface area contributed by atoms with Crippen LogP contribution in [0.4, 0.5) is 0 Å². The lowest BCUT2D eigenvalue weighted by atomic mass is 10.1. The lowest BCUT2D eigenvalue weighted by Gasteiger charge is -2.24. The second kappa shape index (κ2) is 5.79. The number of carbonyl (C=O) groups is 1. The van der Waals surface area contributed by atoms with E-state index in [1.807, 2.05) is 24.3 Å². The molecule has 1 unspecified atom stereocenters. The molecular weight excluding hydrogens is 232 g/mol. The Balaban J connectivity index is 1.97. The summed E-state index contributed by atoms with van der Waals surface area (Å²) in [4.78, 5) is 13.0. The minimum absolute atomic E-state index is 0.148. The van der Waals surface area contributed by atoms with Gasteiger partial charge in [0.1, 0.15) is 5.75 Å². The van der Waals surface area contributed by atoms with E-state index in [9.17, 15) is 4.79 Å². The first-order valence-corrected chi connectivity index (χ1v) is 6.60. The zero-order valence-electron chi connectivity index (χ0n) is 9.73. The van der Waals surface area contributed by atoms with Gasteiger partial charge in [-0.1, -0.05) is 12.1 Å². The number of fused-ring (bicyclic) bond motifs is 1. The fourth-order valence-corrected chi connectivity index (χ4v) is 2.67. The summed E-state index contributed by atoms with van der Waals surface area (Å²) in [7, 11) is 0. The van der Waals surface area contributed by atoms with Crippen LogP contribution in [0.2, 0.25) is 0 Å². The van der Waals surface area contributed by atoms with Crippen LogP contribution in [-0.2, 0) is 4.79 Å². The van der Waals surface area contributed by atoms with E-state index >= 15 is 0 Å². The lowest BCUT2D eigenvalue weighted by molar-refractivity contribution is -0.124. The highest BCUT2D eigenvalue weighted by atomic mass is 32.2. The molecule has 0 N–H and O–H groups in total. The SMILES string of the molecule is CC#CCCC(=O)C1CSc2ccccc2O1. The summed E-state index contributed by atoms with van der Waals surface area (Å²) >= 11 is 1.68. The molecule has 2 rings (SSSR count). The molecule has 0 amide bonds. The molecule has 2 nitrogen and oxygen atoms in total. The predicted molar refractivity (Wildman–Crippen MR) is 69.3 cm³/mol. The van der Waals surface area contributed by atoms with Crippen LogP contribution < -0.4 is 4.74 Å². The van der Waals surface area contributed by atoms with Gasteiger partial charge in [0.05, 0.1) is 0 Å². The van der Waals surface area contributed by atoms with Crippen molar-refractivity contribution in [2.75, 3.05) is 5.75 Å². The summed E-state index contributed by atoms with van der Waals surface area (Å²) in [6.07, 6.45) is 0.795. The van der Waals surface area contributed by atoms with Crippen molar-refractivity contribution in [3.8, 4) is 17.6 Å². The smallest absolute Gasteiger partial charge is 0.175 e. The molecule has 88 valence electrons. The number of carbonyl (C=O) groups excluding carboxylic acids is 1. The molecule has 0 bridgehead atoms. The number of hydrogen-bond acceptors (Lipinski definition) is 3. The molecule has 0 saturated heterocycles. The number of thioether (sulfide) groups is 1. The quantitative estimate of drug-likeness (QED) is 0.767. The Morgan fingerprint density at radius 2 is 2.35 bits per heavy atom. The topological polar surface area (TPSA) is 26.3 Å². The van der Waals surface area contributed by atoms with E-state index < -0.39 is 0 Å². The maximum absolute atomic E-state index is 11.9. The average molecular weight is 246 g/mol. The van der Waals surface area contributed by atoms with Crippen molar-refractivity contribution in [3.63, 3.8) is 0 Å². The Labute approximate surface area is 106 Å². The van der Waals surface area contributed by atoms with Crippen LogP contribution in [0.25, 0.3) is 0 Å². The summed E-state index contributed by atoms with van der Waals surface area (Å²) in [6, 6.07) is 7.83. The summed E-state index contributed by atoms with van der Waals surface area (Å²) in [6.45, 7) is 1.79. The first-order chi connectivity index (χ1) is 8.31. The molecule has 1 atom stereocenters. The molecule has 17 heavy (non-hydrogen) atoms. The van der Waals surface area contributed by atoms with E-state index in [0.29, 0.717) is 18.6 Å². The lowest BCUT2D eigenvalue weighted by Crippen LogP contribution is -2.32. The van der Waals surface area contributed by atoms with Crippen LogP contribution in [0, 0.1) is 11.8 Å². The van der Waals surface area contributed by atoms with E-state index in [-0.39, 0.29) is 11.9 Å². The van der Waals surface area contributed by atoms with Gasteiger partial charge in [-0.2, -0.15) is 0 Å². The molecule has 0 fully saturated rings. The Morgan fingerprint density at radius 3 is 3.18 bits per heavy atom. The second-order valence-corrected chi connectivity index (χ2v) is 4.82. The molecule has 0 saturated carbocycles. The molecular formula is C14H14O2S. The van der Waals surface area contributed by atoms with Crippen LogP contribution in [0.1, 0.15) is 19.8 Å². The van der Waals surface area contributed by atoms with Crippen molar-refractivity contribution in [3.05, 3.63) is 24.3 Å². The van der Waals surface area contributed by atoms with Gasteiger partial charge in [-0.15, -0.1) is 23.6 Å². The molecule has 0 spiro atoms. The van der Waals surface area contributed by atoms with Crippen molar-refractivity contribution >= 4 is 17.5 Å². The molecule has 1 aromatic carbocycles. The normalized spacial score (nSPS) is 17.4. The van der Waals surface area contributed by atoms with Crippen molar-refractivity contribution in [2.45, 2.75) is 30.8 Å². The van der Waals surface area contributed by atoms with Gasteiger partial charge in [0.25, 0.3) is 0 Å². The molecule has 1 aliphatic heterocycles. The van der Waals surface area contributed by atoms with E-state index in [1.165, 1.54) is 0 Å². The minimum atomic E-state index is -0.312. The van der Waals surface area contributed by atoms with Crippen LogP contribution in [0.5, 0.6) is 5.75 Å². The number of para-hydroxylation sites is 1. The Hall–Kier alpha value is -1.40. The van der Waals surface area contributed by atoms with Crippen molar-refractivity contribution in [1.29, 1.82) is 0 Å². The zero-order chi connectivity index (χ0) is 12.1. The van der Waals surface area contributed by atoms with Crippen molar-refractivity contribution in [1.82, 2.24) is 0 Å². The predicted octanol–water partition coefficient (Wildman–Crippen LogP) is 2.91. The first kappa shape index (κ1) is 12.1. The van der Waals surface area contributed by atoms with Gasteiger partial charge in [-0.3, -0.25) is 4.79 Å². The Morgan fingerprint density at radius 1 is 1.53 bits per heavy atom. The summed E-state index contributed by atoms with van der Waals surface area (Å²) in [5, 5.41) is 0. The molecule has 0 aromatic heterocycles. The molecule has 1 aliphatic rings. The number of ketones is 1. The van der Waals surface area contributed by atoms with Crippen molar-refractivity contribution < 1.29 is 9.53 Å². The molecule has 1 heterocycles. The van der Waals surface area contributed by atoms with E-state index in [1.54, 1.807) is 18.7 Å². The molecule has 3 heteroatoms. The number of Topliss-reactive ketones (excluding diaryl/α,β-unsaturated/α-hetero) is 1. The first-order valence-electron chi connectivity index (χ1n) is 5.62.